The number of alkyl carbamates (subject to hydrolysis) is 1. The van der Waals surface area contributed by atoms with E-state index in [2.05, 4.69) is 26.6 Å². The number of ether oxygens (including phenoxy) is 1. The molecule has 1 aromatic rings. The molecular weight excluding hydrogens is 624 g/mol. The Morgan fingerprint density at radius 2 is 1.56 bits per heavy atom. The molecule has 0 fully saturated rings. The molecule has 0 saturated carbocycles. The van der Waals surface area contributed by atoms with Gasteiger partial charge in [0.1, 0.15) is 18.7 Å². The Morgan fingerprint density at radius 1 is 0.875 bits per heavy atom. The molecule has 16 heteroatoms. The van der Waals surface area contributed by atoms with Crippen LogP contribution in [0.3, 0.4) is 0 Å². The highest BCUT2D eigenvalue weighted by molar-refractivity contribution is 6.12. The van der Waals surface area contributed by atoms with Gasteiger partial charge in [-0.1, -0.05) is 32.4 Å². The second kappa shape index (κ2) is 21.1. The molecule has 48 heavy (non-hydrogen) atoms. The topological polar surface area (TPSA) is 244 Å². The number of nitrogens with two attached hydrogens (primary N) is 2. The van der Waals surface area contributed by atoms with Crippen molar-refractivity contribution < 1.29 is 38.3 Å². The maximum Gasteiger partial charge on any atom is 0.407 e. The van der Waals surface area contributed by atoms with E-state index in [1.807, 2.05) is 0 Å². The highest BCUT2D eigenvalue weighted by Gasteiger charge is 2.29. The van der Waals surface area contributed by atoms with E-state index in [0.717, 1.165) is 4.90 Å². The Bertz CT molecular complexity index is 1280. The highest BCUT2D eigenvalue weighted by atomic mass is 16.5. The lowest BCUT2D eigenvalue weighted by molar-refractivity contribution is -0.137. The van der Waals surface area contributed by atoms with Gasteiger partial charge in [-0.05, 0) is 55.8 Å². The number of hydrogen-bond donors (Lipinski definition) is 7. The monoisotopic (exact) mass is 672 g/mol. The highest BCUT2D eigenvalue weighted by Crippen LogP contribution is 2.13. The van der Waals surface area contributed by atoms with Crippen LogP contribution in [0.15, 0.2) is 36.4 Å². The molecule has 1 aliphatic rings. The maximum absolute atomic E-state index is 13.4. The Kier molecular flexibility index (Phi) is 17.3. The fourth-order valence-corrected chi connectivity index (χ4v) is 4.63. The molecule has 7 amide bonds. The molecule has 0 radical (unpaired) electrons. The van der Waals surface area contributed by atoms with Gasteiger partial charge in [-0.2, -0.15) is 0 Å². The Hall–Kier alpha value is -4.83. The van der Waals surface area contributed by atoms with E-state index >= 15 is 0 Å². The van der Waals surface area contributed by atoms with Crippen LogP contribution >= 0.6 is 0 Å². The summed E-state index contributed by atoms with van der Waals surface area (Å²) in [6.07, 6.45) is 4.31. The van der Waals surface area contributed by atoms with Crippen LogP contribution in [0.4, 0.5) is 10.5 Å². The van der Waals surface area contributed by atoms with Crippen LogP contribution < -0.4 is 38.1 Å². The predicted octanol–water partition coefficient (Wildman–Crippen LogP) is -0.224. The van der Waals surface area contributed by atoms with Gasteiger partial charge in [0, 0.05) is 43.9 Å². The number of hydrogen-bond acceptors (Lipinski definition) is 10. The third kappa shape index (κ3) is 14.7. The fourth-order valence-electron chi connectivity index (χ4n) is 4.63. The zero-order valence-electron chi connectivity index (χ0n) is 27.5. The van der Waals surface area contributed by atoms with Crippen molar-refractivity contribution in [3.05, 3.63) is 42.0 Å². The number of rotatable bonds is 22. The van der Waals surface area contributed by atoms with Crippen molar-refractivity contribution in [2.45, 2.75) is 71.1 Å². The molecule has 2 rings (SSSR count). The van der Waals surface area contributed by atoms with Crippen molar-refractivity contribution in [2.75, 3.05) is 38.0 Å². The zero-order chi connectivity index (χ0) is 35.5. The van der Waals surface area contributed by atoms with Gasteiger partial charge in [-0.3, -0.25) is 33.7 Å². The summed E-state index contributed by atoms with van der Waals surface area (Å²) in [4.78, 5) is 86.6. The quantitative estimate of drug-likeness (QED) is 0.0630. The second-order valence-corrected chi connectivity index (χ2v) is 11.6. The molecule has 0 saturated heterocycles. The lowest BCUT2D eigenvalue weighted by atomic mass is 10.0. The first-order valence-corrected chi connectivity index (χ1v) is 16.0. The number of imide groups is 1. The van der Waals surface area contributed by atoms with E-state index in [0.29, 0.717) is 50.0 Å². The number of unbranched alkanes of at least 4 members (excludes halogenated alkanes) is 2. The number of amides is 7. The summed E-state index contributed by atoms with van der Waals surface area (Å²) in [5, 5.41) is 13.7. The first kappa shape index (κ1) is 39.3. The average Bonchev–Trinajstić information content (AvgIpc) is 3.36. The average molecular weight is 673 g/mol. The Labute approximate surface area is 280 Å². The molecule has 0 spiro atoms. The molecule has 0 aliphatic carbocycles. The summed E-state index contributed by atoms with van der Waals surface area (Å²) < 4.78 is 5.11. The van der Waals surface area contributed by atoms with Crippen molar-refractivity contribution in [2.24, 2.45) is 17.4 Å². The summed E-state index contributed by atoms with van der Waals surface area (Å²) in [7, 11) is 0. The first-order chi connectivity index (χ1) is 22.9. The zero-order valence-corrected chi connectivity index (χ0v) is 27.5. The van der Waals surface area contributed by atoms with Gasteiger partial charge >= 0.3 is 6.09 Å². The molecule has 0 unspecified atom stereocenters. The lowest BCUT2D eigenvalue weighted by Gasteiger charge is -2.25. The van der Waals surface area contributed by atoms with Crippen molar-refractivity contribution >= 4 is 47.2 Å². The van der Waals surface area contributed by atoms with Gasteiger partial charge in [0.25, 0.3) is 11.8 Å². The van der Waals surface area contributed by atoms with Crippen LogP contribution in [-0.4, -0.2) is 91.2 Å². The number of primary amides is 1. The molecule has 0 aromatic heterocycles. The number of carbonyl (C=O) groups is 7. The van der Waals surface area contributed by atoms with E-state index in [9.17, 15) is 33.6 Å². The Balaban J connectivity index is 1.94. The predicted molar refractivity (Wildman–Crippen MR) is 177 cm³/mol. The lowest BCUT2D eigenvalue weighted by Crippen LogP contribution is -2.54. The molecule has 1 aliphatic heterocycles. The third-order valence-corrected chi connectivity index (χ3v) is 7.24. The molecule has 16 nitrogen and oxygen atoms in total. The van der Waals surface area contributed by atoms with Gasteiger partial charge in [0.2, 0.25) is 23.6 Å². The number of nitrogens with one attached hydrogen (secondary N) is 5. The second-order valence-electron chi connectivity index (χ2n) is 11.6. The van der Waals surface area contributed by atoms with Crippen LogP contribution in [0.1, 0.15) is 57.9 Å². The smallest absolute Gasteiger partial charge is 0.407 e. The minimum Gasteiger partial charge on any atom is -0.445 e. The molecule has 9 N–H and O–H groups in total. The number of carbonyl (C=O) groups excluding carboxylic acids is 7. The summed E-state index contributed by atoms with van der Waals surface area (Å²) in [6, 6.07) is 4.76. The van der Waals surface area contributed by atoms with Gasteiger partial charge in [0.15, 0.2) is 0 Å². The molecular formula is C32H48N8O8. The van der Waals surface area contributed by atoms with Crippen LogP contribution in [0, 0.1) is 5.92 Å². The van der Waals surface area contributed by atoms with E-state index in [4.69, 9.17) is 16.2 Å². The van der Waals surface area contributed by atoms with Crippen LogP contribution in [0.25, 0.3) is 0 Å². The number of anilines is 1. The number of benzene rings is 1. The van der Waals surface area contributed by atoms with Crippen molar-refractivity contribution in [1.29, 1.82) is 0 Å². The van der Waals surface area contributed by atoms with Gasteiger partial charge in [0.05, 0.1) is 6.54 Å². The standard InChI is InChI=1S/C32H48N8O8/c1-21(2)29(39-26(42)8-4-3-5-18-40-27(43)13-14-28(40)44)31(46)38-24(7-6-16-35-19-25(34)41)30(45)37-23-11-9-22(10-12-23)20-48-32(47)36-17-15-33/h9-14,21,24,29,35H,3-8,15-20,33H2,1-2H3,(H2,34,41)(H,36,47)(H,37,45)(H,38,46)(H,39,42)/t24-,29-/m0/s1. The molecule has 0 bridgehead atoms. The van der Waals surface area contributed by atoms with Gasteiger partial charge in [-0.15, -0.1) is 0 Å². The summed E-state index contributed by atoms with van der Waals surface area (Å²) in [5.41, 5.74) is 11.6. The Morgan fingerprint density at radius 3 is 2.19 bits per heavy atom. The first-order valence-electron chi connectivity index (χ1n) is 16.0. The van der Waals surface area contributed by atoms with E-state index in [1.165, 1.54) is 12.2 Å². The van der Waals surface area contributed by atoms with E-state index in [-0.39, 0.29) is 62.7 Å². The van der Waals surface area contributed by atoms with Gasteiger partial charge < -0.3 is 42.8 Å². The SMILES string of the molecule is CC(C)[C@H](NC(=O)CCCCCN1C(=O)C=CC1=O)C(=O)N[C@@H](CCCNCC(N)=O)C(=O)Nc1ccc(COC(=O)NCCN)cc1. The normalized spacial score (nSPS) is 13.6. The van der Waals surface area contributed by atoms with Crippen LogP contribution in [-0.2, 0) is 40.1 Å². The summed E-state index contributed by atoms with van der Waals surface area (Å²) >= 11 is 0. The van der Waals surface area contributed by atoms with Crippen molar-refractivity contribution in [3.63, 3.8) is 0 Å². The number of nitrogens with zero attached hydrogens (tertiary/aromatic N) is 1. The van der Waals surface area contributed by atoms with Crippen molar-refractivity contribution in [1.82, 2.24) is 26.2 Å². The molecule has 264 valence electrons. The van der Waals surface area contributed by atoms with E-state index < -0.39 is 35.9 Å². The van der Waals surface area contributed by atoms with Gasteiger partial charge in [-0.25, -0.2) is 4.79 Å². The minimum absolute atomic E-state index is 0.0161. The van der Waals surface area contributed by atoms with E-state index in [1.54, 1.807) is 38.1 Å². The molecule has 2 atom stereocenters. The largest absolute Gasteiger partial charge is 0.445 e. The van der Waals surface area contributed by atoms with Crippen LogP contribution in [0.5, 0.6) is 0 Å². The fraction of sp³-hybridized carbons (Fsp3) is 0.531. The molecule has 1 aromatic carbocycles. The maximum atomic E-state index is 13.4. The minimum atomic E-state index is -0.967. The van der Waals surface area contributed by atoms with Crippen LogP contribution in [0.2, 0.25) is 0 Å². The third-order valence-electron chi connectivity index (χ3n) is 7.24. The van der Waals surface area contributed by atoms with Crippen molar-refractivity contribution in [3.8, 4) is 0 Å². The molecule has 1 heterocycles. The summed E-state index contributed by atoms with van der Waals surface area (Å²) in [6.45, 7) is 4.77. The summed E-state index contributed by atoms with van der Waals surface area (Å²) in [5.74, 6) is -2.85.